The van der Waals surface area contributed by atoms with E-state index in [2.05, 4.69) is 20.8 Å². The van der Waals surface area contributed by atoms with Crippen molar-refractivity contribution in [2.75, 3.05) is 6.54 Å². The second-order valence-electron chi connectivity index (χ2n) is 4.25. The average molecular weight is 256 g/mol. The van der Waals surface area contributed by atoms with Crippen LogP contribution in [0.4, 0.5) is 4.79 Å². The van der Waals surface area contributed by atoms with Crippen molar-refractivity contribution in [3.05, 3.63) is 11.7 Å². The molecule has 2 unspecified atom stereocenters. The first-order chi connectivity index (χ1) is 8.52. The molecule has 0 aromatic carbocycles. The highest BCUT2D eigenvalue weighted by molar-refractivity contribution is 5.73. The molecule has 3 N–H and O–H groups in total. The van der Waals surface area contributed by atoms with Gasteiger partial charge in [0.05, 0.1) is 12.6 Å². The Hall–Kier alpha value is -1.63. The van der Waals surface area contributed by atoms with Crippen LogP contribution >= 0.6 is 0 Å². The normalized spacial score (nSPS) is 14.0. The minimum atomic E-state index is -0.536. The van der Waals surface area contributed by atoms with Crippen LogP contribution in [0, 0.1) is 12.8 Å². The third kappa shape index (κ3) is 4.70. The molecule has 1 aromatic rings. The molecule has 0 aliphatic heterocycles. The summed E-state index contributed by atoms with van der Waals surface area (Å²) < 4.78 is 4.84. The first-order valence-corrected chi connectivity index (χ1v) is 6.01. The average Bonchev–Trinajstić information content (AvgIpc) is 2.78. The Kier molecular flexibility index (Phi) is 5.57. The Labute approximate surface area is 106 Å². The molecule has 18 heavy (non-hydrogen) atoms. The number of urea groups is 1. The van der Waals surface area contributed by atoms with Crippen molar-refractivity contribution in [1.82, 2.24) is 20.8 Å². The minimum Gasteiger partial charge on any atom is -0.391 e. The van der Waals surface area contributed by atoms with Gasteiger partial charge < -0.3 is 20.3 Å². The molecule has 1 rings (SSSR count). The zero-order valence-corrected chi connectivity index (χ0v) is 10.9. The van der Waals surface area contributed by atoms with Gasteiger partial charge in [0.2, 0.25) is 5.89 Å². The molecule has 0 aliphatic carbocycles. The van der Waals surface area contributed by atoms with E-state index in [1.807, 2.05) is 13.8 Å². The monoisotopic (exact) mass is 256 g/mol. The molecule has 0 aliphatic rings. The molecule has 0 fully saturated rings. The van der Waals surface area contributed by atoms with E-state index in [9.17, 15) is 9.90 Å². The summed E-state index contributed by atoms with van der Waals surface area (Å²) in [6.07, 6.45) is 0.331. The summed E-state index contributed by atoms with van der Waals surface area (Å²) in [5, 5.41) is 18.4. The number of nitrogens with one attached hydrogen (secondary N) is 2. The molecule has 1 heterocycles. The Morgan fingerprint density at radius 1 is 1.50 bits per heavy atom. The van der Waals surface area contributed by atoms with E-state index < -0.39 is 6.10 Å². The largest absolute Gasteiger partial charge is 0.391 e. The Bertz CT molecular complexity index is 380. The van der Waals surface area contributed by atoms with Gasteiger partial charge in [0.15, 0.2) is 5.82 Å². The van der Waals surface area contributed by atoms with E-state index in [0.29, 0.717) is 11.7 Å². The van der Waals surface area contributed by atoms with E-state index in [1.165, 1.54) is 0 Å². The number of amides is 2. The fourth-order valence-electron chi connectivity index (χ4n) is 1.30. The molecular formula is C11H20N4O3. The van der Waals surface area contributed by atoms with Gasteiger partial charge in [-0.3, -0.25) is 0 Å². The molecule has 7 nitrogen and oxygen atoms in total. The number of carbonyl (C=O) groups excluding carboxylic acids is 1. The number of hydrogen-bond donors (Lipinski definition) is 3. The van der Waals surface area contributed by atoms with Crippen molar-refractivity contribution in [1.29, 1.82) is 0 Å². The Morgan fingerprint density at radius 2 is 2.22 bits per heavy atom. The van der Waals surface area contributed by atoms with E-state index in [-0.39, 0.29) is 25.0 Å². The van der Waals surface area contributed by atoms with Crippen LogP contribution < -0.4 is 10.6 Å². The van der Waals surface area contributed by atoms with Crippen molar-refractivity contribution < 1.29 is 14.4 Å². The smallest absolute Gasteiger partial charge is 0.315 e. The summed E-state index contributed by atoms with van der Waals surface area (Å²) in [5.41, 5.74) is 0. The van der Waals surface area contributed by atoms with Crippen LogP contribution in [0.25, 0.3) is 0 Å². The van der Waals surface area contributed by atoms with Crippen molar-refractivity contribution in [2.24, 2.45) is 5.92 Å². The van der Waals surface area contributed by atoms with E-state index in [4.69, 9.17) is 4.52 Å². The summed E-state index contributed by atoms with van der Waals surface area (Å²) in [6.45, 7) is 6.03. The standard InChI is InChI=1S/C11H20N4O3/c1-4-7(2)9(16)5-12-11(17)13-6-10-14-8(3)15-18-10/h7,9,16H,4-6H2,1-3H3,(H2,12,13,17). The predicted molar refractivity (Wildman–Crippen MR) is 64.7 cm³/mol. The molecular weight excluding hydrogens is 236 g/mol. The summed E-state index contributed by atoms with van der Waals surface area (Å²) in [5.74, 6) is 1.04. The van der Waals surface area contributed by atoms with E-state index in [0.717, 1.165) is 6.42 Å². The zero-order chi connectivity index (χ0) is 13.5. The molecule has 1 aromatic heterocycles. The maximum atomic E-state index is 11.4. The van der Waals surface area contributed by atoms with Crippen molar-refractivity contribution >= 4 is 6.03 Å². The second kappa shape index (κ2) is 6.95. The van der Waals surface area contributed by atoms with E-state index >= 15 is 0 Å². The van der Waals surface area contributed by atoms with Gasteiger partial charge in [-0.1, -0.05) is 25.4 Å². The Morgan fingerprint density at radius 3 is 2.78 bits per heavy atom. The number of nitrogens with zero attached hydrogens (tertiary/aromatic N) is 2. The zero-order valence-electron chi connectivity index (χ0n) is 10.9. The summed E-state index contributed by atoms with van der Waals surface area (Å²) in [7, 11) is 0. The third-order valence-corrected chi connectivity index (χ3v) is 2.74. The van der Waals surface area contributed by atoms with Gasteiger partial charge in [0.1, 0.15) is 0 Å². The highest BCUT2D eigenvalue weighted by Crippen LogP contribution is 2.05. The van der Waals surface area contributed by atoms with Crippen LogP contribution in [-0.2, 0) is 6.54 Å². The lowest BCUT2D eigenvalue weighted by Gasteiger charge is -2.17. The fourth-order valence-corrected chi connectivity index (χ4v) is 1.30. The fraction of sp³-hybridized carbons (Fsp3) is 0.727. The predicted octanol–water partition coefficient (Wildman–Crippen LogP) is 0.584. The van der Waals surface area contributed by atoms with Gasteiger partial charge in [0, 0.05) is 6.54 Å². The van der Waals surface area contributed by atoms with Crippen LogP contribution in [0.5, 0.6) is 0 Å². The number of hydrogen-bond acceptors (Lipinski definition) is 5. The van der Waals surface area contributed by atoms with Gasteiger partial charge in [-0.2, -0.15) is 4.98 Å². The van der Waals surface area contributed by atoms with Crippen LogP contribution in [0.15, 0.2) is 4.52 Å². The SMILES string of the molecule is CCC(C)C(O)CNC(=O)NCc1nc(C)no1. The number of aromatic nitrogens is 2. The van der Waals surface area contributed by atoms with Crippen LogP contribution in [0.3, 0.4) is 0 Å². The molecule has 0 bridgehead atoms. The van der Waals surface area contributed by atoms with Crippen molar-refractivity contribution in [3.8, 4) is 0 Å². The number of carbonyl (C=O) groups is 1. The van der Waals surface area contributed by atoms with Crippen LogP contribution in [0.1, 0.15) is 32.0 Å². The first kappa shape index (κ1) is 14.4. The topological polar surface area (TPSA) is 100 Å². The maximum Gasteiger partial charge on any atom is 0.315 e. The number of aryl methyl sites for hydroxylation is 1. The van der Waals surface area contributed by atoms with Gasteiger partial charge in [-0.15, -0.1) is 0 Å². The van der Waals surface area contributed by atoms with Crippen LogP contribution in [-0.4, -0.2) is 33.9 Å². The quantitative estimate of drug-likeness (QED) is 0.691. The number of rotatable bonds is 6. The highest BCUT2D eigenvalue weighted by Gasteiger charge is 2.13. The lowest BCUT2D eigenvalue weighted by molar-refractivity contribution is 0.114. The van der Waals surface area contributed by atoms with Crippen molar-refractivity contribution in [3.63, 3.8) is 0 Å². The maximum absolute atomic E-state index is 11.4. The molecule has 7 heteroatoms. The number of aliphatic hydroxyl groups excluding tert-OH is 1. The van der Waals surface area contributed by atoms with Gasteiger partial charge in [-0.25, -0.2) is 4.79 Å². The first-order valence-electron chi connectivity index (χ1n) is 6.01. The molecule has 0 radical (unpaired) electrons. The van der Waals surface area contributed by atoms with Gasteiger partial charge >= 0.3 is 6.03 Å². The van der Waals surface area contributed by atoms with Crippen molar-refractivity contribution in [2.45, 2.75) is 39.8 Å². The number of aliphatic hydroxyl groups is 1. The third-order valence-electron chi connectivity index (χ3n) is 2.74. The molecule has 0 spiro atoms. The Balaban J connectivity index is 2.22. The summed E-state index contributed by atoms with van der Waals surface area (Å²) in [4.78, 5) is 15.4. The molecule has 2 amide bonds. The highest BCUT2D eigenvalue weighted by atomic mass is 16.5. The minimum absolute atomic E-state index is 0.156. The molecule has 0 saturated heterocycles. The lowest BCUT2D eigenvalue weighted by Crippen LogP contribution is -2.41. The summed E-state index contributed by atoms with van der Waals surface area (Å²) >= 11 is 0. The second-order valence-corrected chi connectivity index (χ2v) is 4.25. The lowest BCUT2D eigenvalue weighted by atomic mass is 10.0. The van der Waals surface area contributed by atoms with Crippen LogP contribution in [0.2, 0.25) is 0 Å². The molecule has 0 saturated carbocycles. The van der Waals surface area contributed by atoms with E-state index in [1.54, 1.807) is 6.92 Å². The molecule has 2 atom stereocenters. The summed E-state index contributed by atoms with van der Waals surface area (Å²) in [6, 6.07) is -0.367. The van der Waals surface area contributed by atoms with Gasteiger partial charge in [0.25, 0.3) is 0 Å². The van der Waals surface area contributed by atoms with Gasteiger partial charge in [-0.05, 0) is 12.8 Å². The molecule has 102 valence electrons.